The molecule has 12 aromatic rings. The summed E-state index contributed by atoms with van der Waals surface area (Å²) in [6.45, 7) is 0. The number of rotatable bonds is 1. The van der Waals surface area contributed by atoms with Crippen LogP contribution >= 0.6 is 0 Å². The Labute approximate surface area is 370 Å². The Morgan fingerprint density at radius 3 is 2.05 bits per heavy atom. The van der Waals surface area contributed by atoms with Crippen molar-refractivity contribution in [3.8, 4) is 51.0 Å². The van der Waals surface area contributed by atoms with Gasteiger partial charge in [-0.05, 0) is 99.6 Å². The molecule has 65 heavy (non-hydrogen) atoms. The molecule has 16 rings (SSSR count). The van der Waals surface area contributed by atoms with Gasteiger partial charge in [-0.1, -0.05) is 97.1 Å². The molecule has 2 unspecified atom stereocenters. The Bertz CT molecular complexity index is 4100. The van der Waals surface area contributed by atoms with E-state index in [1.165, 1.54) is 27.8 Å². The van der Waals surface area contributed by atoms with Gasteiger partial charge in [0.1, 0.15) is 17.1 Å². The number of fused-ring (bicyclic) bond motifs is 26. The topological polar surface area (TPSA) is 78.9 Å². The van der Waals surface area contributed by atoms with Crippen LogP contribution in [0.25, 0.3) is 83.2 Å². The predicted octanol–water partition coefficient (Wildman–Crippen LogP) is 13.1. The molecule has 300 valence electrons. The van der Waals surface area contributed by atoms with Crippen LogP contribution in [0, 0.1) is 0 Å². The number of hydrogen-bond acceptors (Lipinski definition) is 6. The summed E-state index contributed by atoms with van der Waals surface area (Å²) in [6.07, 6.45) is 9.66. The molecule has 2 spiro atoms. The van der Waals surface area contributed by atoms with E-state index in [1.54, 1.807) is 0 Å². The molecule has 0 bridgehead atoms. The average molecular weight is 830 g/mol. The van der Waals surface area contributed by atoms with Crippen molar-refractivity contribution in [1.29, 1.82) is 0 Å². The Kier molecular flexibility index (Phi) is 6.08. The number of ether oxygens (including phenoxy) is 1. The molecule has 1 aliphatic heterocycles. The quantitative estimate of drug-likeness (QED) is 0.164. The summed E-state index contributed by atoms with van der Waals surface area (Å²) in [7, 11) is 0. The standard InChI is InChI=1S/C58H31N5O2/c1-4-14-40-33(11-1)38-28-46-51(29-45(38)57(40)41-23-26-59-31-39(41)52-43(57)16-9-24-60-52)64-50-20-8-5-15-42(50)58(46)44-17-10-25-61-53(44)54-47(58)27-32(30-62-54)63-48-18-6-2-12-34(48)36-21-22-37-35-13-3-7-19-49(35)65-56(37)55(36)63/h1-31H. The third-order valence-electron chi connectivity index (χ3n) is 14.9. The van der Waals surface area contributed by atoms with Crippen LogP contribution in [0.3, 0.4) is 0 Å². The fourth-order valence-corrected chi connectivity index (χ4v) is 12.5. The summed E-state index contributed by atoms with van der Waals surface area (Å²) < 4.78 is 16.3. The molecule has 0 radical (unpaired) electrons. The van der Waals surface area contributed by atoms with Crippen LogP contribution in [0.5, 0.6) is 11.5 Å². The normalized spacial score (nSPS) is 17.8. The first-order valence-corrected chi connectivity index (χ1v) is 22.0. The van der Waals surface area contributed by atoms with Gasteiger partial charge in [0, 0.05) is 68.6 Å². The second kappa shape index (κ2) is 11.7. The fraction of sp³-hybridized carbons (Fsp3) is 0.0345. The van der Waals surface area contributed by atoms with E-state index in [4.69, 9.17) is 24.1 Å². The molecule has 0 fully saturated rings. The molecule has 6 aromatic carbocycles. The largest absolute Gasteiger partial charge is 0.457 e. The van der Waals surface area contributed by atoms with E-state index in [1.807, 2.05) is 37.1 Å². The number of hydrogen-bond donors (Lipinski definition) is 0. The second-order valence-electron chi connectivity index (χ2n) is 17.6. The highest BCUT2D eigenvalue weighted by molar-refractivity contribution is 6.21. The molecule has 4 aliphatic rings. The smallest absolute Gasteiger partial charge is 0.160 e. The first-order chi connectivity index (χ1) is 32.2. The molecule has 0 N–H and O–H groups in total. The van der Waals surface area contributed by atoms with Gasteiger partial charge in [0.05, 0.1) is 50.8 Å². The number of aromatic nitrogens is 5. The van der Waals surface area contributed by atoms with Crippen molar-refractivity contribution >= 4 is 43.7 Å². The number of nitrogens with zero attached hydrogens (tertiary/aromatic N) is 5. The lowest BCUT2D eigenvalue weighted by molar-refractivity contribution is 0.435. The Hall–Kier alpha value is -8.68. The molecule has 3 aliphatic carbocycles. The summed E-state index contributed by atoms with van der Waals surface area (Å²) in [6, 6.07) is 56.6. The van der Waals surface area contributed by atoms with Gasteiger partial charge in [0.2, 0.25) is 0 Å². The van der Waals surface area contributed by atoms with Crippen molar-refractivity contribution in [1.82, 2.24) is 24.5 Å². The summed E-state index contributed by atoms with van der Waals surface area (Å²) in [5, 5.41) is 4.45. The molecule has 7 nitrogen and oxygen atoms in total. The zero-order chi connectivity index (χ0) is 42.2. The molecule has 0 saturated heterocycles. The molecule has 0 amide bonds. The zero-order valence-corrected chi connectivity index (χ0v) is 34.5. The third kappa shape index (κ3) is 3.84. The molecular formula is C58H31N5O2. The lowest BCUT2D eigenvalue weighted by Gasteiger charge is -2.40. The minimum atomic E-state index is -0.837. The summed E-state index contributed by atoms with van der Waals surface area (Å²) in [4.78, 5) is 20.2. The minimum absolute atomic E-state index is 0.614. The van der Waals surface area contributed by atoms with E-state index < -0.39 is 10.8 Å². The number of furan rings is 1. The van der Waals surface area contributed by atoms with Crippen molar-refractivity contribution < 1.29 is 9.15 Å². The summed E-state index contributed by atoms with van der Waals surface area (Å²) in [5.74, 6) is 1.60. The van der Waals surface area contributed by atoms with Crippen LogP contribution in [-0.2, 0) is 10.8 Å². The van der Waals surface area contributed by atoms with Crippen LogP contribution < -0.4 is 4.74 Å². The van der Waals surface area contributed by atoms with Crippen molar-refractivity contribution in [2.24, 2.45) is 0 Å². The maximum atomic E-state index is 7.21. The minimum Gasteiger partial charge on any atom is -0.457 e. The van der Waals surface area contributed by atoms with E-state index in [9.17, 15) is 0 Å². The molecule has 2 atom stereocenters. The van der Waals surface area contributed by atoms with Gasteiger partial charge in [-0.15, -0.1) is 0 Å². The predicted molar refractivity (Wildman–Crippen MR) is 253 cm³/mol. The maximum absolute atomic E-state index is 7.21. The molecular weight excluding hydrogens is 799 g/mol. The number of para-hydroxylation sites is 3. The van der Waals surface area contributed by atoms with Crippen molar-refractivity contribution in [2.75, 3.05) is 0 Å². The first-order valence-electron chi connectivity index (χ1n) is 22.0. The van der Waals surface area contributed by atoms with Gasteiger partial charge >= 0.3 is 0 Å². The van der Waals surface area contributed by atoms with Crippen LogP contribution in [0.1, 0.15) is 44.5 Å². The summed E-state index contributed by atoms with van der Waals surface area (Å²) in [5.41, 5.74) is 18.3. The Morgan fingerprint density at radius 2 is 1.12 bits per heavy atom. The monoisotopic (exact) mass is 829 g/mol. The highest BCUT2D eigenvalue weighted by Gasteiger charge is 2.57. The van der Waals surface area contributed by atoms with Crippen LogP contribution in [0.2, 0.25) is 0 Å². The Morgan fingerprint density at radius 1 is 0.415 bits per heavy atom. The van der Waals surface area contributed by atoms with Crippen molar-refractivity contribution in [3.63, 3.8) is 0 Å². The lowest BCUT2D eigenvalue weighted by atomic mass is 9.65. The first kappa shape index (κ1) is 33.9. The van der Waals surface area contributed by atoms with Crippen molar-refractivity contribution in [2.45, 2.75) is 10.8 Å². The second-order valence-corrected chi connectivity index (χ2v) is 17.6. The van der Waals surface area contributed by atoms with Gasteiger partial charge in [-0.25, -0.2) is 0 Å². The molecule has 7 heterocycles. The van der Waals surface area contributed by atoms with Crippen LogP contribution in [0.15, 0.2) is 193 Å². The molecule has 0 saturated carbocycles. The van der Waals surface area contributed by atoms with E-state index >= 15 is 0 Å². The molecule has 6 aromatic heterocycles. The van der Waals surface area contributed by atoms with Gasteiger partial charge in [0.25, 0.3) is 0 Å². The van der Waals surface area contributed by atoms with Crippen molar-refractivity contribution in [3.05, 3.63) is 233 Å². The maximum Gasteiger partial charge on any atom is 0.160 e. The van der Waals surface area contributed by atoms with Crippen LogP contribution in [-0.4, -0.2) is 24.5 Å². The third-order valence-corrected chi connectivity index (χ3v) is 14.9. The SMILES string of the molecule is c1ccc2c(c1)Oc1cc3c(cc1C21c2cccnc2-c2ncc(-n4c5ccccc5c5ccc6c7ccccc7oc6c54)cc21)-c1ccccc1C31c2ccncc2-c2ncccc21. The highest BCUT2D eigenvalue weighted by atomic mass is 16.5. The van der Waals surface area contributed by atoms with Gasteiger partial charge < -0.3 is 13.7 Å². The van der Waals surface area contributed by atoms with E-state index in [0.29, 0.717) is 0 Å². The number of benzene rings is 6. The fourth-order valence-electron chi connectivity index (χ4n) is 12.5. The van der Waals surface area contributed by atoms with Crippen LogP contribution in [0.4, 0.5) is 0 Å². The van der Waals surface area contributed by atoms with Gasteiger partial charge in [-0.3, -0.25) is 19.9 Å². The number of pyridine rings is 4. The van der Waals surface area contributed by atoms with E-state index in [0.717, 1.165) is 111 Å². The lowest BCUT2D eigenvalue weighted by Crippen LogP contribution is -2.33. The average Bonchev–Trinajstić information content (AvgIpc) is 4.14. The van der Waals surface area contributed by atoms with E-state index in [-0.39, 0.29) is 0 Å². The van der Waals surface area contributed by atoms with Gasteiger partial charge in [0.15, 0.2) is 5.58 Å². The Balaban J connectivity index is 1.03. The van der Waals surface area contributed by atoms with Gasteiger partial charge in [-0.2, -0.15) is 0 Å². The highest BCUT2D eigenvalue weighted by Crippen LogP contribution is 2.67. The zero-order valence-electron chi connectivity index (χ0n) is 34.5. The van der Waals surface area contributed by atoms with E-state index in [2.05, 4.69) is 161 Å². The summed E-state index contributed by atoms with van der Waals surface area (Å²) >= 11 is 0. The molecule has 7 heteroatoms.